The molecule has 2 aromatic heterocycles. The summed E-state index contributed by atoms with van der Waals surface area (Å²) in [4.78, 5) is 8.75. The summed E-state index contributed by atoms with van der Waals surface area (Å²) in [6.07, 6.45) is 2.17. The SMILES string of the molecule is Cc1ccc(O)c(-c2ccccn2)c1.[2H]C([2H])(c1ccc2c(-c3[c-]c(C)cc(C)c3)nccc2c1)C(C)C.[Ir]. The number of aryl methyl sites for hydroxylation is 3. The van der Waals surface area contributed by atoms with Crippen LogP contribution in [0.3, 0.4) is 0 Å². The van der Waals surface area contributed by atoms with E-state index < -0.39 is 6.37 Å². The molecule has 0 aliphatic rings. The number of pyridine rings is 2. The molecule has 0 amide bonds. The van der Waals surface area contributed by atoms with Crippen LogP contribution in [0.15, 0.2) is 85.2 Å². The number of hydrogen-bond donors (Lipinski definition) is 1. The number of aromatic hydroxyl groups is 1. The molecule has 0 atom stereocenters. The normalized spacial score (nSPS) is 11.7. The molecule has 5 aromatic rings. The third-order valence-electron chi connectivity index (χ3n) is 5.72. The first-order chi connectivity index (χ1) is 18.1. The molecular weight excluding hydrogens is 633 g/mol. The summed E-state index contributed by atoms with van der Waals surface area (Å²) >= 11 is 0. The first kappa shape index (κ1) is 25.3. The van der Waals surface area contributed by atoms with Gasteiger partial charge in [0.05, 0.1) is 5.69 Å². The average molecular weight is 668 g/mol. The van der Waals surface area contributed by atoms with Crippen LogP contribution in [-0.2, 0) is 26.5 Å². The zero-order chi connectivity index (χ0) is 27.4. The Morgan fingerprint density at radius 3 is 2.38 bits per heavy atom. The van der Waals surface area contributed by atoms with Crippen LogP contribution in [0.25, 0.3) is 33.3 Å². The van der Waals surface area contributed by atoms with E-state index >= 15 is 0 Å². The Morgan fingerprint density at radius 2 is 1.68 bits per heavy atom. The number of benzene rings is 3. The number of fused-ring (bicyclic) bond motifs is 1. The van der Waals surface area contributed by atoms with Crippen molar-refractivity contribution in [3.63, 3.8) is 0 Å². The van der Waals surface area contributed by atoms with Gasteiger partial charge in [-0.3, -0.25) is 4.98 Å². The molecule has 0 aliphatic carbocycles. The largest absolute Gasteiger partial charge is 0.507 e. The molecule has 0 aliphatic heterocycles. The molecule has 0 saturated carbocycles. The standard InChI is InChI=1S/C21H22N.C12H11NO.Ir/c1-14(2)9-17-5-6-20-18(13-17)7-8-22-21(20)19-11-15(3)10-16(4)12-19;1-9-5-6-12(14)10(8-9)11-4-2-3-7-13-11;/h5-8,10-11,13-14H,9H2,1-4H3;2-8,14H,1H3;/q-1;;/i9D2;;. The van der Waals surface area contributed by atoms with E-state index in [4.69, 9.17) is 2.74 Å². The Labute approximate surface area is 236 Å². The van der Waals surface area contributed by atoms with E-state index in [9.17, 15) is 5.11 Å². The second-order valence-corrected chi connectivity index (χ2v) is 9.38. The maximum absolute atomic E-state index is 9.65. The molecule has 0 unspecified atom stereocenters. The predicted octanol–water partition coefficient (Wildman–Crippen LogP) is 8.28. The van der Waals surface area contributed by atoms with Gasteiger partial charge in [0.15, 0.2) is 0 Å². The van der Waals surface area contributed by atoms with Gasteiger partial charge in [-0.1, -0.05) is 63.6 Å². The van der Waals surface area contributed by atoms with Crippen molar-refractivity contribution in [2.75, 3.05) is 0 Å². The first-order valence-electron chi connectivity index (χ1n) is 13.2. The zero-order valence-electron chi connectivity index (χ0n) is 23.8. The predicted molar refractivity (Wildman–Crippen MR) is 150 cm³/mol. The molecule has 0 saturated heterocycles. The van der Waals surface area contributed by atoms with Gasteiger partial charge in [0.2, 0.25) is 0 Å². The van der Waals surface area contributed by atoms with E-state index in [1.165, 1.54) is 5.56 Å². The number of aromatic nitrogens is 2. The summed E-state index contributed by atoms with van der Waals surface area (Å²) in [5.74, 6) is 0.193. The first-order valence-corrected chi connectivity index (χ1v) is 12.2. The van der Waals surface area contributed by atoms with Crippen LogP contribution in [0.1, 0.15) is 38.8 Å². The van der Waals surface area contributed by atoms with Gasteiger partial charge in [-0.05, 0) is 71.6 Å². The van der Waals surface area contributed by atoms with Gasteiger partial charge in [-0.2, -0.15) is 0 Å². The summed E-state index contributed by atoms with van der Waals surface area (Å²) < 4.78 is 16.6. The Kier molecular flexibility index (Phi) is 8.74. The zero-order valence-corrected chi connectivity index (χ0v) is 24.2. The third kappa shape index (κ3) is 7.35. The molecule has 1 radical (unpaired) electrons. The fourth-order valence-corrected chi connectivity index (χ4v) is 4.22. The van der Waals surface area contributed by atoms with Crippen LogP contribution in [0.2, 0.25) is 0 Å². The van der Waals surface area contributed by atoms with Gasteiger partial charge in [0.25, 0.3) is 0 Å². The number of hydrogen-bond acceptors (Lipinski definition) is 3. The number of phenols is 1. The number of rotatable bonds is 4. The van der Waals surface area contributed by atoms with Crippen LogP contribution in [0.5, 0.6) is 5.75 Å². The van der Waals surface area contributed by atoms with E-state index in [0.717, 1.165) is 44.4 Å². The molecule has 2 heterocycles. The maximum Gasteiger partial charge on any atom is 0.124 e. The summed E-state index contributed by atoms with van der Waals surface area (Å²) in [6, 6.07) is 26.5. The van der Waals surface area contributed by atoms with Crippen molar-refractivity contribution in [1.29, 1.82) is 0 Å². The summed E-state index contributed by atoms with van der Waals surface area (Å²) in [7, 11) is 0. The van der Waals surface area contributed by atoms with Crippen molar-refractivity contribution in [2.24, 2.45) is 5.92 Å². The molecule has 0 spiro atoms. The van der Waals surface area contributed by atoms with E-state index in [2.05, 4.69) is 35.1 Å². The molecular formula is C33H33IrN2O-. The van der Waals surface area contributed by atoms with Crippen molar-refractivity contribution in [3.8, 4) is 28.3 Å². The molecule has 4 heteroatoms. The molecule has 191 valence electrons. The molecule has 37 heavy (non-hydrogen) atoms. The Hall–Kier alpha value is -3.33. The molecule has 1 N–H and O–H groups in total. The molecule has 5 rings (SSSR count). The average Bonchev–Trinajstić information content (AvgIpc) is 2.89. The second kappa shape index (κ2) is 12.8. The third-order valence-corrected chi connectivity index (χ3v) is 5.72. The Morgan fingerprint density at radius 1 is 0.865 bits per heavy atom. The maximum atomic E-state index is 9.65. The second-order valence-electron chi connectivity index (χ2n) is 9.38. The number of nitrogens with zero attached hydrogens (tertiary/aromatic N) is 2. The van der Waals surface area contributed by atoms with Crippen molar-refractivity contribution >= 4 is 10.8 Å². The molecule has 3 nitrogen and oxygen atoms in total. The smallest absolute Gasteiger partial charge is 0.124 e. The van der Waals surface area contributed by atoms with Crippen LogP contribution in [-0.4, -0.2) is 15.1 Å². The van der Waals surface area contributed by atoms with Crippen molar-refractivity contribution in [3.05, 3.63) is 114 Å². The van der Waals surface area contributed by atoms with Crippen molar-refractivity contribution < 1.29 is 28.0 Å². The van der Waals surface area contributed by atoms with Crippen molar-refractivity contribution in [1.82, 2.24) is 9.97 Å². The van der Waals surface area contributed by atoms with Crippen LogP contribution < -0.4 is 0 Å². The van der Waals surface area contributed by atoms with E-state index in [-0.39, 0.29) is 31.8 Å². The van der Waals surface area contributed by atoms with E-state index in [1.807, 2.05) is 82.3 Å². The van der Waals surface area contributed by atoms with Gasteiger partial charge < -0.3 is 10.1 Å². The fraction of sp³-hybridized carbons (Fsp3) is 0.212. The van der Waals surface area contributed by atoms with Gasteiger partial charge in [-0.25, -0.2) is 0 Å². The summed E-state index contributed by atoms with van der Waals surface area (Å²) in [5.41, 5.74) is 7.58. The van der Waals surface area contributed by atoms with Crippen LogP contribution in [0, 0.1) is 32.8 Å². The summed E-state index contributed by atoms with van der Waals surface area (Å²) in [5, 5.41) is 11.7. The van der Waals surface area contributed by atoms with Crippen molar-refractivity contribution in [2.45, 2.75) is 41.0 Å². The topological polar surface area (TPSA) is 46.0 Å². The van der Waals surface area contributed by atoms with Gasteiger partial charge in [-0.15, -0.1) is 34.9 Å². The number of phenolic OH excluding ortho intramolecular Hbond substituents is 1. The van der Waals surface area contributed by atoms with Gasteiger partial charge >= 0.3 is 0 Å². The minimum atomic E-state index is -1.34. The van der Waals surface area contributed by atoms with Gasteiger partial charge in [0, 0.05) is 40.8 Å². The minimum Gasteiger partial charge on any atom is -0.507 e. The minimum absolute atomic E-state index is 0. The summed E-state index contributed by atoms with van der Waals surface area (Å²) in [6.45, 7) is 9.92. The van der Waals surface area contributed by atoms with E-state index in [0.29, 0.717) is 5.56 Å². The van der Waals surface area contributed by atoms with E-state index in [1.54, 1.807) is 18.5 Å². The molecule has 0 fully saturated rings. The molecule has 0 bridgehead atoms. The quantitative estimate of drug-likeness (QED) is 0.196. The van der Waals surface area contributed by atoms with Crippen LogP contribution in [0.4, 0.5) is 0 Å². The Bertz CT molecular complexity index is 1550. The van der Waals surface area contributed by atoms with Crippen LogP contribution >= 0.6 is 0 Å². The molecule has 3 aromatic carbocycles. The van der Waals surface area contributed by atoms with Gasteiger partial charge in [0.1, 0.15) is 5.75 Å². The fourth-order valence-electron chi connectivity index (χ4n) is 4.22. The Balaban J connectivity index is 0.000000239. The monoisotopic (exact) mass is 668 g/mol.